The first-order chi connectivity index (χ1) is 8.43. The van der Waals surface area contributed by atoms with Crippen LogP contribution in [0.5, 0.6) is 5.75 Å². The highest BCUT2D eigenvalue weighted by atomic mass is 32.1. The molecule has 96 valence electrons. The number of hydrogen-bond donors (Lipinski definition) is 1. The zero-order valence-electron chi connectivity index (χ0n) is 11.2. The molecule has 1 aromatic rings. The molecule has 1 heterocycles. The van der Waals surface area contributed by atoms with E-state index in [1.54, 1.807) is 7.11 Å². The van der Waals surface area contributed by atoms with Crippen molar-refractivity contribution < 1.29 is 4.74 Å². The van der Waals surface area contributed by atoms with Crippen LogP contribution >= 0.6 is 12.2 Å². The fraction of sp³-hybridized carbons (Fsp3) is 0.357. The number of nitrogens with zero attached hydrogens (tertiary/aromatic N) is 1. The van der Waals surface area contributed by atoms with Gasteiger partial charge in [0, 0.05) is 11.8 Å². The second-order valence-corrected chi connectivity index (χ2v) is 5.36. The molecule has 1 aliphatic heterocycles. The Morgan fingerprint density at radius 3 is 2.67 bits per heavy atom. The van der Waals surface area contributed by atoms with Crippen LogP contribution in [0.4, 0.5) is 5.69 Å². The molecule has 1 N–H and O–H groups in total. The van der Waals surface area contributed by atoms with Crippen LogP contribution in [0.25, 0.3) is 0 Å². The largest absolute Gasteiger partial charge is 0.497 e. The van der Waals surface area contributed by atoms with Gasteiger partial charge in [-0.1, -0.05) is 6.07 Å². The monoisotopic (exact) mass is 262 g/mol. The van der Waals surface area contributed by atoms with Crippen molar-refractivity contribution in [2.75, 3.05) is 12.0 Å². The maximum Gasteiger partial charge on any atom is 0.178 e. The van der Waals surface area contributed by atoms with Gasteiger partial charge in [-0.05, 0) is 51.2 Å². The Morgan fingerprint density at radius 1 is 1.33 bits per heavy atom. The van der Waals surface area contributed by atoms with Gasteiger partial charge in [0.05, 0.1) is 18.3 Å². The van der Waals surface area contributed by atoms with Crippen LogP contribution in [0.2, 0.25) is 0 Å². The van der Waals surface area contributed by atoms with E-state index in [-0.39, 0.29) is 5.54 Å². The molecular formula is C14H18N2OS. The molecule has 2 rings (SSSR count). The third-order valence-corrected chi connectivity index (χ3v) is 3.15. The van der Waals surface area contributed by atoms with Crippen LogP contribution in [0, 0.1) is 0 Å². The van der Waals surface area contributed by atoms with E-state index in [0.717, 1.165) is 17.1 Å². The van der Waals surface area contributed by atoms with Gasteiger partial charge in [0.25, 0.3) is 0 Å². The zero-order valence-corrected chi connectivity index (χ0v) is 12.0. The number of benzene rings is 1. The lowest BCUT2D eigenvalue weighted by molar-refractivity contribution is 0.415. The summed E-state index contributed by atoms with van der Waals surface area (Å²) in [5.74, 6) is 0.827. The van der Waals surface area contributed by atoms with Gasteiger partial charge in [0.15, 0.2) is 5.11 Å². The molecule has 4 heteroatoms. The van der Waals surface area contributed by atoms with Crippen LogP contribution < -0.4 is 15.0 Å². The van der Waals surface area contributed by atoms with Crippen molar-refractivity contribution >= 4 is 23.0 Å². The summed E-state index contributed by atoms with van der Waals surface area (Å²) < 4.78 is 5.25. The van der Waals surface area contributed by atoms with Crippen molar-refractivity contribution in [1.29, 1.82) is 0 Å². The fourth-order valence-corrected chi connectivity index (χ4v) is 2.70. The average Bonchev–Trinajstić information content (AvgIpc) is 2.26. The minimum atomic E-state index is -0.101. The van der Waals surface area contributed by atoms with Crippen molar-refractivity contribution in [3.8, 4) is 5.75 Å². The Kier molecular flexibility index (Phi) is 3.30. The molecule has 0 bridgehead atoms. The van der Waals surface area contributed by atoms with Gasteiger partial charge in [-0.25, -0.2) is 0 Å². The molecule has 0 aromatic heterocycles. The predicted molar refractivity (Wildman–Crippen MR) is 79.0 cm³/mol. The van der Waals surface area contributed by atoms with Gasteiger partial charge < -0.3 is 10.1 Å². The highest BCUT2D eigenvalue weighted by Crippen LogP contribution is 2.28. The summed E-state index contributed by atoms with van der Waals surface area (Å²) in [6, 6.07) is 7.88. The molecule has 0 radical (unpaired) electrons. The molecule has 18 heavy (non-hydrogen) atoms. The Bertz CT molecular complexity index is 508. The highest BCUT2D eigenvalue weighted by molar-refractivity contribution is 7.80. The minimum absolute atomic E-state index is 0.101. The van der Waals surface area contributed by atoms with E-state index in [1.807, 2.05) is 29.2 Å². The second kappa shape index (κ2) is 4.61. The second-order valence-electron chi connectivity index (χ2n) is 4.97. The van der Waals surface area contributed by atoms with Crippen molar-refractivity contribution in [3.05, 3.63) is 36.0 Å². The third kappa shape index (κ3) is 2.48. The molecule has 0 saturated carbocycles. The lowest BCUT2D eigenvalue weighted by atomic mass is 10.0. The zero-order chi connectivity index (χ0) is 13.3. The summed E-state index contributed by atoms with van der Waals surface area (Å²) in [6.45, 7) is 6.27. The van der Waals surface area contributed by atoms with Gasteiger partial charge in [0.1, 0.15) is 5.75 Å². The van der Waals surface area contributed by atoms with E-state index in [2.05, 4.69) is 32.2 Å². The Balaban J connectivity index is 2.41. The molecule has 0 spiro atoms. The molecule has 0 amide bonds. The van der Waals surface area contributed by atoms with Gasteiger partial charge >= 0.3 is 0 Å². The number of ether oxygens (including phenoxy) is 1. The summed E-state index contributed by atoms with van der Waals surface area (Å²) in [6.07, 6.45) is 2.17. The summed E-state index contributed by atoms with van der Waals surface area (Å²) in [5.41, 5.74) is 2.03. The van der Waals surface area contributed by atoms with E-state index in [4.69, 9.17) is 17.0 Å². The molecule has 0 saturated heterocycles. The molecular weight excluding hydrogens is 244 g/mol. The number of thiocarbonyl (C=S) groups is 1. The quantitative estimate of drug-likeness (QED) is 0.828. The smallest absolute Gasteiger partial charge is 0.178 e. The van der Waals surface area contributed by atoms with Crippen molar-refractivity contribution in [1.82, 2.24) is 5.32 Å². The van der Waals surface area contributed by atoms with Crippen LogP contribution in [0.1, 0.15) is 20.8 Å². The fourth-order valence-electron chi connectivity index (χ4n) is 2.18. The van der Waals surface area contributed by atoms with Gasteiger partial charge in [0.2, 0.25) is 0 Å². The molecule has 0 aliphatic carbocycles. The Labute approximate surface area is 113 Å². The summed E-state index contributed by atoms with van der Waals surface area (Å²) in [5, 5.41) is 4.03. The summed E-state index contributed by atoms with van der Waals surface area (Å²) in [4.78, 5) is 2.02. The maximum absolute atomic E-state index is 5.45. The molecule has 1 aromatic carbocycles. The van der Waals surface area contributed by atoms with Crippen LogP contribution in [-0.4, -0.2) is 17.8 Å². The maximum atomic E-state index is 5.45. The number of allylic oxidation sites excluding steroid dienone is 1. The standard InChI is InChI=1S/C14H18N2OS/c1-10-9-14(2,3)15-13(18)16(10)11-6-5-7-12(8-11)17-4/h5-9H,1-4H3,(H,15,18). The number of nitrogens with one attached hydrogen (secondary N) is 1. The number of hydrogen-bond acceptors (Lipinski definition) is 2. The van der Waals surface area contributed by atoms with Crippen LogP contribution in [0.15, 0.2) is 36.0 Å². The van der Waals surface area contributed by atoms with E-state index >= 15 is 0 Å². The molecule has 3 nitrogen and oxygen atoms in total. The number of rotatable bonds is 2. The molecule has 0 atom stereocenters. The minimum Gasteiger partial charge on any atom is -0.497 e. The molecule has 1 aliphatic rings. The first-order valence-electron chi connectivity index (χ1n) is 5.89. The Hall–Kier alpha value is -1.55. The van der Waals surface area contributed by atoms with Crippen molar-refractivity contribution in [2.45, 2.75) is 26.3 Å². The first-order valence-corrected chi connectivity index (χ1v) is 6.29. The molecule has 0 fully saturated rings. The molecule has 0 unspecified atom stereocenters. The van der Waals surface area contributed by atoms with E-state index in [1.165, 1.54) is 0 Å². The highest BCUT2D eigenvalue weighted by Gasteiger charge is 2.27. The van der Waals surface area contributed by atoms with Gasteiger partial charge in [-0.15, -0.1) is 0 Å². The third-order valence-electron chi connectivity index (χ3n) is 2.87. The lowest BCUT2D eigenvalue weighted by Crippen LogP contribution is -2.53. The van der Waals surface area contributed by atoms with Crippen LogP contribution in [0.3, 0.4) is 0 Å². The SMILES string of the molecule is COc1cccc(N2C(=S)NC(C)(C)C=C2C)c1. The van der Waals surface area contributed by atoms with E-state index < -0.39 is 0 Å². The number of anilines is 1. The van der Waals surface area contributed by atoms with Crippen LogP contribution in [-0.2, 0) is 0 Å². The normalized spacial score (nSPS) is 18.1. The predicted octanol–water partition coefficient (Wildman–Crippen LogP) is 3.07. The van der Waals surface area contributed by atoms with Crippen molar-refractivity contribution in [3.63, 3.8) is 0 Å². The van der Waals surface area contributed by atoms with Gasteiger partial charge in [-0.3, -0.25) is 4.90 Å². The topological polar surface area (TPSA) is 24.5 Å². The Morgan fingerprint density at radius 2 is 2.06 bits per heavy atom. The van der Waals surface area contributed by atoms with Crippen molar-refractivity contribution in [2.24, 2.45) is 0 Å². The van der Waals surface area contributed by atoms with E-state index in [0.29, 0.717) is 5.11 Å². The van der Waals surface area contributed by atoms with Gasteiger partial charge in [-0.2, -0.15) is 0 Å². The number of methoxy groups -OCH3 is 1. The average molecular weight is 262 g/mol. The lowest BCUT2D eigenvalue weighted by Gasteiger charge is -2.38. The van der Waals surface area contributed by atoms with E-state index in [9.17, 15) is 0 Å². The first kappa shape index (κ1) is 12.9. The summed E-state index contributed by atoms with van der Waals surface area (Å²) >= 11 is 5.45. The summed E-state index contributed by atoms with van der Waals surface area (Å²) in [7, 11) is 1.66.